The van der Waals surface area contributed by atoms with E-state index in [1.54, 1.807) is 0 Å². The van der Waals surface area contributed by atoms with E-state index in [9.17, 15) is 0 Å². The summed E-state index contributed by atoms with van der Waals surface area (Å²) in [6, 6.07) is 166. The highest BCUT2D eigenvalue weighted by Gasteiger charge is 2.43. The fraction of sp³-hybridized carbons (Fsp3) is 0.0172. The molecule has 0 spiro atoms. The number of halogens is 1. The van der Waals surface area contributed by atoms with Crippen LogP contribution < -0.4 is 31.9 Å². The third-order valence-electron chi connectivity index (χ3n) is 24.0. The molecule has 0 radical (unpaired) electrons. The maximum Gasteiger partial charge on any atom is 0.0857 e. The van der Waals surface area contributed by atoms with Crippen LogP contribution in [0.1, 0.15) is 34.3 Å². The van der Waals surface area contributed by atoms with Crippen molar-refractivity contribution in [2.24, 2.45) is 0 Å². The quantitative estimate of drug-likeness (QED) is 0.0966. The highest BCUT2D eigenvalue weighted by molar-refractivity contribution is 9.10. The van der Waals surface area contributed by atoms with Gasteiger partial charge in [0.15, 0.2) is 0 Å². The second-order valence-electron chi connectivity index (χ2n) is 31.2. The van der Waals surface area contributed by atoms with Gasteiger partial charge in [-0.15, -0.1) is 0 Å². The number of para-hydroxylation sites is 10. The first kappa shape index (κ1) is 76.2. The van der Waals surface area contributed by atoms with Gasteiger partial charge in [-0.2, -0.15) is 0 Å². The summed E-state index contributed by atoms with van der Waals surface area (Å²) in [5.41, 5.74) is 55.1. The largest absolute Gasteiger partial charge is 0.398 e. The van der Waals surface area contributed by atoms with Gasteiger partial charge in [0.2, 0.25) is 0 Å². The van der Waals surface area contributed by atoms with Gasteiger partial charge in [-0.05, 0) is 168 Å². The lowest BCUT2D eigenvalue weighted by molar-refractivity contribution is 0.784. The molecule has 0 saturated heterocycles. The van der Waals surface area contributed by atoms with Gasteiger partial charge in [-0.3, -0.25) is 0 Å². The number of nitrogens with two attached hydrogens (primary N) is 2. The molecular formula is C116H85BrN6. The molecule has 23 rings (SSSR count). The molecule has 123 heavy (non-hydrogen) atoms. The smallest absolute Gasteiger partial charge is 0.0857 e. The van der Waals surface area contributed by atoms with E-state index in [1.165, 1.54) is 123 Å². The Kier molecular flexibility index (Phi) is 21.1. The molecule has 19 aromatic rings. The van der Waals surface area contributed by atoms with Crippen molar-refractivity contribution in [1.29, 1.82) is 0 Å². The molecule has 586 valence electrons. The van der Waals surface area contributed by atoms with Gasteiger partial charge < -0.3 is 31.9 Å². The van der Waals surface area contributed by atoms with Gasteiger partial charge in [0.05, 0.1) is 12.1 Å². The minimum absolute atomic E-state index is 0.0749. The Balaban J connectivity index is 0.000000115. The Labute approximate surface area is 727 Å². The van der Waals surface area contributed by atoms with E-state index in [0.717, 1.165) is 83.1 Å². The van der Waals surface area contributed by atoms with E-state index in [0.29, 0.717) is 0 Å². The van der Waals surface area contributed by atoms with Crippen LogP contribution in [-0.2, 0) is 0 Å². The molecular weight excluding hydrogens is 1560 g/mol. The van der Waals surface area contributed by atoms with Crippen molar-refractivity contribution in [3.8, 4) is 122 Å². The van der Waals surface area contributed by atoms with Crippen molar-refractivity contribution in [2.45, 2.75) is 12.1 Å². The van der Waals surface area contributed by atoms with E-state index in [2.05, 4.69) is 437 Å². The van der Waals surface area contributed by atoms with Crippen LogP contribution >= 0.6 is 15.9 Å². The SMILES string of the molecule is Brc1ccccc1-c1ccccc1.Nc1ccccc1-c1ccc(-c2ccccc2N)cc1.c1ccc(-c2ccccc2Nc2ccccc2-c2ccc(-c3ccccc3Nc3ccccc3-c3ccccc3)cc2)cc1.c1ccc2c(c1)-c1ccccc1N1c3ccccc3-c3cc4c(cc3C21)-c1ccccc1N1c2ccccc2-c2ccccc2C41. The summed E-state index contributed by atoms with van der Waals surface area (Å²) < 4.78 is 1.14. The zero-order chi connectivity index (χ0) is 82.5. The number of nitrogens with one attached hydrogen (secondary N) is 2. The Morgan fingerprint density at radius 1 is 0.179 bits per heavy atom. The molecule has 4 aliphatic rings. The van der Waals surface area contributed by atoms with Gasteiger partial charge in [0.1, 0.15) is 0 Å². The van der Waals surface area contributed by atoms with Crippen molar-refractivity contribution >= 4 is 72.8 Å². The monoisotopic (exact) mass is 1640 g/mol. The fourth-order valence-electron chi connectivity index (χ4n) is 18.3. The molecule has 7 heteroatoms. The molecule has 0 saturated carbocycles. The first-order chi connectivity index (χ1) is 60.8. The number of anilines is 10. The molecule has 6 nitrogen and oxygen atoms in total. The van der Waals surface area contributed by atoms with Crippen molar-refractivity contribution in [2.75, 3.05) is 31.9 Å². The number of hydrogen-bond donors (Lipinski definition) is 4. The van der Waals surface area contributed by atoms with Crippen LogP contribution in [0.15, 0.2) is 472 Å². The van der Waals surface area contributed by atoms with Crippen LogP contribution in [0.2, 0.25) is 0 Å². The summed E-state index contributed by atoms with van der Waals surface area (Å²) in [5.74, 6) is 0. The van der Waals surface area contributed by atoms with Gasteiger partial charge in [0, 0.05) is 117 Å². The van der Waals surface area contributed by atoms with E-state index < -0.39 is 0 Å². The molecule has 2 unspecified atom stereocenters. The first-order valence-corrected chi connectivity index (χ1v) is 42.7. The number of nitrogen functional groups attached to an aromatic ring is 2. The van der Waals surface area contributed by atoms with Crippen LogP contribution in [-0.4, -0.2) is 0 Å². The van der Waals surface area contributed by atoms with Crippen LogP contribution in [0.25, 0.3) is 122 Å². The van der Waals surface area contributed by atoms with Gasteiger partial charge >= 0.3 is 0 Å². The van der Waals surface area contributed by atoms with E-state index >= 15 is 0 Å². The molecule has 2 atom stereocenters. The molecule has 19 aromatic carbocycles. The van der Waals surface area contributed by atoms with E-state index in [1.807, 2.05) is 66.7 Å². The van der Waals surface area contributed by atoms with Crippen molar-refractivity contribution in [3.05, 3.63) is 494 Å². The van der Waals surface area contributed by atoms with Gasteiger partial charge in [0.25, 0.3) is 0 Å². The minimum Gasteiger partial charge on any atom is -0.398 e. The van der Waals surface area contributed by atoms with Crippen molar-refractivity contribution < 1.29 is 0 Å². The highest BCUT2D eigenvalue weighted by atomic mass is 79.9. The summed E-state index contributed by atoms with van der Waals surface area (Å²) >= 11 is 3.53. The second kappa shape index (κ2) is 34.1. The van der Waals surface area contributed by atoms with E-state index in [-0.39, 0.29) is 12.1 Å². The maximum atomic E-state index is 6.01. The number of nitrogens with zero attached hydrogens (tertiary/aromatic N) is 2. The Bertz CT molecular complexity index is 6690. The third-order valence-corrected chi connectivity index (χ3v) is 24.7. The second-order valence-corrected chi connectivity index (χ2v) is 32.0. The first-order valence-electron chi connectivity index (χ1n) is 41.9. The zero-order valence-electron chi connectivity index (χ0n) is 67.5. The summed E-state index contributed by atoms with van der Waals surface area (Å²) in [6.07, 6.45) is 0. The molecule has 6 N–H and O–H groups in total. The summed E-state index contributed by atoms with van der Waals surface area (Å²) in [4.78, 5) is 5.18. The number of benzene rings is 19. The van der Waals surface area contributed by atoms with E-state index in [4.69, 9.17) is 11.5 Å². The van der Waals surface area contributed by atoms with Crippen LogP contribution in [0, 0.1) is 0 Å². The molecule has 0 bridgehead atoms. The lowest BCUT2D eigenvalue weighted by Crippen LogP contribution is -2.34. The average Bonchev–Trinajstić information content (AvgIpc) is 0.691. The predicted octanol–water partition coefficient (Wildman–Crippen LogP) is 31.6. The summed E-state index contributed by atoms with van der Waals surface area (Å²) in [7, 11) is 0. The van der Waals surface area contributed by atoms with Crippen LogP contribution in [0.5, 0.6) is 0 Å². The molecule has 4 aliphatic heterocycles. The number of hydrogen-bond acceptors (Lipinski definition) is 6. The van der Waals surface area contributed by atoms with Crippen LogP contribution in [0.4, 0.5) is 56.9 Å². The van der Waals surface area contributed by atoms with Crippen molar-refractivity contribution in [3.63, 3.8) is 0 Å². The Morgan fingerprint density at radius 3 is 0.715 bits per heavy atom. The predicted molar refractivity (Wildman–Crippen MR) is 522 cm³/mol. The normalized spacial score (nSPS) is 13.0. The number of rotatable bonds is 11. The zero-order valence-corrected chi connectivity index (χ0v) is 69.1. The summed E-state index contributed by atoms with van der Waals surface area (Å²) in [5, 5.41) is 7.46. The van der Waals surface area contributed by atoms with Crippen LogP contribution in [0.3, 0.4) is 0 Å². The number of fused-ring (bicyclic) bond motifs is 22. The molecule has 0 aliphatic carbocycles. The van der Waals surface area contributed by atoms with Crippen molar-refractivity contribution in [1.82, 2.24) is 0 Å². The Morgan fingerprint density at radius 2 is 0.398 bits per heavy atom. The molecule has 0 aromatic heterocycles. The van der Waals surface area contributed by atoms with Gasteiger partial charge in [-0.25, -0.2) is 0 Å². The average molecular weight is 1640 g/mol. The lowest BCUT2D eigenvalue weighted by atomic mass is 9.73. The topological polar surface area (TPSA) is 82.6 Å². The Hall–Kier alpha value is -15.5. The maximum absolute atomic E-state index is 6.01. The minimum atomic E-state index is 0.0749. The third kappa shape index (κ3) is 14.9. The van der Waals surface area contributed by atoms with Gasteiger partial charge in [-0.1, -0.05) is 404 Å². The molecule has 0 fully saturated rings. The lowest BCUT2D eigenvalue weighted by Gasteiger charge is -2.47. The highest BCUT2D eigenvalue weighted by Crippen LogP contribution is 2.62. The fourth-order valence-corrected chi connectivity index (χ4v) is 18.8. The summed E-state index contributed by atoms with van der Waals surface area (Å²) in [6.45, 7) is 0. The molecule has 4 heterocycles. The molecule has 0 amide bonds. The standard InChI is InChI=1S/C44H28N2.C42H32N2.C18H16N2.C12H9Br/c1-3-19-33-27(13-1)29-15-5-9-21-39(29)45-41-23-11-7-17-31(41)35-26-38-36(25-37(35)43(33)45)32-18-8-12-24-42(32)46-40-22-10-6-16-30(40)28-14-2-4-20-34(28)44(38)46;1-3-15-31(16-4-1)35-19-7-11-23-39(35)43-41-25-13-9-21-37(41)33-27-29-34(30-28-33)38-22-10-14-26-42(38)44-40-24-12-8-20-36(40)32-17-5-2-6-18-32;19-17-7-3-1-5-15(17)13-9-11-14(12-10-13)16-6-2-4-8-18(16)20;13-12-9-5-4-8-11(12)10-6-2-1-3-7-10/h1-26,43-44H;1-30,43-44H;1-12H,19-20H2;1-9H.